The lowest BCUT2D eigenvalue weighted by Crippen LogP contribution is -2.72. The van der Waals surface area contributed by atoms with Gasteiger partial charge in [-0.25, -0.2) is 0 Å². The van der Waals surface area contributed by atoms with Crippen molar-refractivity contribution in [3.63, 3.8) is 0 Å². The Balaban J connectivity index is 1.66. The van der Waals surface area contributed by atoms with Crippen molar-refractivity contribution in [2.75, 3.05) is 13.2 Å². The first-order chi connectivity index (χ1) is 13.1. The van der Waals surface area contributed by atoms with Crippen LogP contribution in [0.4, 0.5) is 0 Å². The van der Waals surface area contributed by atoms with Crippen LogP contribution in [0.25, 0.3) is 0 Å². The average Bonchev–Trinajstić information content (AvgIpc) is 2.61. The van der Waals surface area contributed by atoms with Crippen LogP contribution in [0.2, 0.25) is 0 Å². The van der Waals surface area contributed by atoms with Crippen molar-refractivity contribution in [3.05, 3.63) is 0 Å². The fraction of sp³-hybridized carbons (Fsp3) is 0.960. The van der Waals surface area contributed by atoms with Gasteiger partial charge in [0.2, 0.25) is 0 Å². The molecule has 3 nitrogen and oxygen atoms in total. The Kier molecular flexibility index (Phi) is 4.00. The molecule has 1 aliphatic heterocycles. The smallest absolute Gasteiger partial charge is 0.310 e. The molecule has 8 unspecified atom stereocenters. The Labute approximate surface area is 171 Å². The van der Waals surface area contributed by atoms with Crippen molar-refractivity contribution in [1.29, 1.82) is 0 Å². The first-order valence-corrected chi connectivity index (χ1v) is 11.9. The summed E-state index contributed by atoms with van der Waals surface area (Å²) < 4.78 is 6.29. The maximum Gasteiger partial charge on any atom is 0.310 e. The molecule has 0 aromatic heterocycles. The lowest BCUT2D eigenvalue weighted by Gasteiger charge is -2.74. The van der Waals surface area contributed by atoms with Crippen LogP contribution < -0.4 is 0 Å². The van der Waals surface area contributed by atoms with Crippen LogP contribution in [0.3, 0.4) is 0 Å². The second-order valence-corrected chi connectivity index (χ2v) is 12.4. The summed E-state index contributed by atoms with van der Waals surface area (Å²) in [5.41, 5.74) is -0.114. The van der Waals surface area contributed by atoms with E-state index in [0.717, 1.165) is 44.8 Å². The van der Waals surface area contributed by atoms with Gasteiger partial charge >= 0.3 is 5.97 Å². The highest BCUT2D eigenvalue weighted by atomic mass is 16.5. The van der Waals surface area contributed by atoms with Gasteiger partial charge in [0.1, 0.15) is 0 Å². The van der Waals surface area contributed by atoms with Crippen molar-refractivity contribution in [2.45, 2.75) is 91.9 Å². The molecule has 4 aliphatic carbocycles. The largest absolute Gasteiger partial charge is 0.481 e. The molecule has 0 amide bonds. The van der Waals surface area contributed by atoms with Crippen LogP contribution in [0.15, 0.2) is 0 Å². The number of fused-ring (bicyclic) bond motifs is 3. The van der Waals surface area contributed by atoms with E-state index in [2.05, 4.69) is 27.7 Å². The minimum Gasteiger partial charge on any atom is -0.481 e. The summed E-state index contributed by atoms with van der Waals surface area (Å²) in [5, 5.41) is 10.9. The molecule has 1 saturated heterocycles. The molecular weight excluding hydrogens is 348 g/mol. The van der Waals surface area contributed by atoms with Crippen molar-refractivity contribution < 1.29 is 14.6 Å². The number of carboxylic acid groups (broad SMARTS) is 1. The van der Waals surface area contributed by atoms with Gasteiger partial charge in [-0.15, -0.1) is 0 Å². The third-order valence-electron chi connectivity index (χ3n) is 11.5. The SMILES string of the molecule is CC1CCC2(C)C(C)(CCC3C45CCCC(C)(COC4)C5CCC32C(=O)O)C1. The first kappa shape index (κ1) is 19.4. The van der Waals surface area contributed by atoms with Crippen LogP contribution >= 0.6 is 0 Å². The summed E-state index contributed by atoms with van der Waals surface area (Å²) in [6.07, 6.45) is 11.5. The van der Waals surface area contributed by atoms with E-state index in [1.54, 1.807) is 0 Å². The van der Waals surface area contributed by atoms with Gasteiger partial charge in [0.15, 0.2) is 0 Å². The monoisotopic (exact) mass is 388 g/mol. The lowest BCUT2D eigenvalue weighted by atomic mass is 9.30. The zero-order chi connectivity index (χ0) is 20.0. The molecule has 8 atom stereocenters. The highest BCUT2D eigenvalue weighted by Gasteiger charge is 2.75. The Morgan fingerprint density at radius 1 is 0.929 bits per heavy atom. The molecule has 1 N–H and O–H groups in total. The second-order valence-electron chi connectivity index (χ2n) is 12.4. The molecule has 4 saturated carbocycles. The molecular formula is C25H40O3. The van der Waals surface area contributed by atoms with Crippen LogP contribution in [0.5, 0.6) is 0 Å². The zero-order valence-corrected chi connectivity index (χ0v) is 18.5. The molecule has 28 heavy (non-hydrogen) atoms. The zero-order valence-electron chi connectivity index (χ0n) is 18.5. The standard InChI is InChI=1S/C25H40O3/c1-17-6-12-23(4)22(3,14-17)11-7-19-24-10-5-9-21(2,15-28-16-24)18(24)8-13-25(19,23)20(26)27/h17-19H,5-16H2,1-4H3,(H,26,27). The fourth-order valence-electron chi connectivity index (χ4n) is 10.1. The topological polar surface area (TPSA) is 46.5 Å². The average molecular weight is 389 g/mol. The van der Waals surface area contributed by atoms with Gasteiger partial charge in [0.05, 0.1) is 18.6 Å². The molecule has 5 fully saturated rings. The number of ether oxygens (including phenoxy) is 1. The molecule has 5 rings (SSSR count). The summed E-state index contributed by atoms with van der Waals surface area (Å²) in [6.45, 7) is 11.4. The number of rotatable bonds is 1. The first-order valence-electron chi connectivity index (χ1n) is 11.9. The molecule has 0 aromatic carbocycles. The van der Waals surface area contributed by atoms with Gasteiger partial charge in [-0.1, -0.05) is 40.5 Å². The maximum atomic E-state index is 13.3. The van der Waals surface area contributed by atoms with Gasteiger partial charge < -0.3 is 9.84 Å². The van der Waals surface area contributed by atoms with Crippen LogP contribution in [-0.4, -0.2) is 24.3 Å². The lowest BCUT2D eigenvalue weighted by molar-refractivity contribution is -0.288. The fourth-order valence-corrected chi connectivity index (χ4v) is 10.1. The van der Waals surface area contributed by atoms with Crippen molar-refractivity contribution >= 4 is 5.97 Å². The summed E-state index contributed by atoms with van der Waals surface area (Å²) in [5.74, 6) is 1.20. The highest BCUT2D eigenvalue weighted by Crippen LogP contribution is 2.77. The number of aliphatic carboxylic acids is 1. The molecule has 1 heterocycles. The van der Waals surface area contributed by atoms with Gasteiger partial charge in [0, 0.05) is 5.41 Å². The van der Waals surface area contributed by atoms with Crippen LogP contribution in [0.1, 0.15) is 91.9 Å². The molecule has 0 spiro atoms. The van der Waals surface area contributed by atoms with Crippen molar-refractivity contribution in [1.82, 2.24) is 0 Å². The van der Waals surface area contributed by atoms with Crippen LogP contribution in [-0.2, 0) is 9.53 Å². The molecule has 3 heteroatoms. The summed E-state index contributed by atoms with van der Waals surface area (Å²) in [6, 6.07) is 0. The van der Waals surface area contributed by atoms with Crippen molar-refractivity contribution in [3.8, 4) is 0 Å². The summed E-state index contributed by atoms with van der Waals surface area (Å²) in [4.78, 5) is 13.3. The maximum absolute atomic E-state index is 13.3. The number of carboxylic acids is 1. The third kappa shape index (κ3) is 2.03. The summed E-state index contributed by atoms with van der Waals surface area (Å²) >= 11 is 0. The van der Waals surface area contributed by atoms with Gasteiger partial charge in [-0.3, -0.25) is 4.79 Å². The summed E-state index contributed by atoms with van der Waals surface area (Å²) in [7, 11) is 0. The normalized spacial score (nSPS) is 58.2. The predicted molar refractivity (Wildman–Crippen MR) is 110 cm³/mol. The third-order valence-corrected chi connectivity index (χ3v) is 11.5. The quantitative estimate of drug-likeness (QED) is 0.607. The van der Waals surface area contributed by atoms with Gasteiger partial charge in [0.25, 0.3) is 0 Å². The van der Waals surface area contributed by atoms with E-state index in [4.69, 9.17) is 4.74 Å². The Morgan fingerprint density at radius 2 is 1.68 bits per heavy atom. The molecule has 158 valence electrons. The number of hydrogen-bond acceptors (Lipinski definition) is 2. The van der Waals surface area contributed by atoms with Crippen molar-refractivity contribution in [2.24, 2.45) is 44.8 Å². The van der Waals surface area contributed by atoms with E-state index < -0.39 is 11.4 Å². The predicted octanol–water partition coefficient (Wildman–Crippen LogP) is 5.92. The Hall–Kier alpha value is -0.570. The van der Waals surface area contributed by atoms with Gasteiger partial charge in [-0.2, -0.15) is 0 Å². The highest BCUT2D eigenvalue weighted by molar-refractivity contribution is 5.77. The van der Waals surface area contributed by atoms with Crippen LogP contribution in [0, 0.1) is 44.8 Å². The van der Waals surface area contributed by atoms with E-state index in [-0.39, 0.29) is 21.7 Å². The molecule has 5 aliphatic rings. The molecule has 2 bridgehead atoms. The second kappa shape index (κ2) is 5.77. The van der Waals surface area contributed by atoms with Gasteiger partial charge in [-0.05, 0) is 85.4 Å². The Bertz CT molecular complexity index is 675. The minimum atomic E-state index is -0.560. The van der Waals surface area contributed by atoms with E-state index in [0.29, 0.717) is 11.8 Å². The molecule has 0 aromatic rings. The van der Waals surface area contributed by atoms with E-state index in [9.17, 15) is 9.90 Å². The molecule has 0 radical (unpaired) electrons. The minimum absolute atomic E-state index is 0.0910. The number of hydrogen-bond donors (Lipinski definition) is 1. The number of carbonyl (C=O) groups is 1. The van der Waals surface area contributed by atoms with E-state index in [1.165, 1.54) is 38.5 Å². The Morgan fingerprint density at radius 3 is 2.43 bits per heavy atom. The van der Waals surface area contributed by atoms with E-state index >= 15 is 0 Å². The van der Waals surface area contributed by atoms with E-state index in [1.807, 2.05) is 0 Å².